The van der Waals surface area contributed by atoms with Gasteiger partial charge in [-0.25, -0.2) is 4.98 Å². The molecule has 1 aromatic heterocycles. The summed E-state index contributed by atoms with van der Waals surface area (Å²) < 4.78 is 7.20. The van der Waals surface area contributed by atoms with Crippen molar-refractivity contribution in [2.75, 3.05) is 23.4 Å². The van der Waals surface area contributed by atoms with Gasteiger partial charge in [0.05, 0.1) is 14.8 Å². The lowest BCUT2D eigenvalue weighted by molar-refractivity contribution is -0.118. The summed E-state index contributed by atoms with van der Waals surface area (Å²) in [5.74, 6) is 2.92. The summed E-state index contributed by atoms with van der Waals surface area (Å²) in [5, 5.41) is 3.43. The zero-order chi connectivity index (χ0) is 17.9. The maximum absolute atomic E-state index is 12.1. The van der Waals surface area contributed by atoms with Crippen molar-refractivity contribution in [1.29, 1.82) is 0 Å². The van der Waals surface area contributed by atoms with Gasteiger partial charge in [-0.2, -0.15) is 0 Å². The molecule has 134 valence electrons. The van der Waals surface area contributed by atoms with Crippen molar-refractivity contribution in [3.63, 3.8) is 0 Å². The highest BCUT2D eigenvalue weighted by Crippen LogP contribution is 2.45. The first kappa shape index (κ1) is 17.7. The number of amides is 1. The van der Waals surface area contributed by atoms with E-state index in [-0.39, 0.29) is 12.5 Å². The van der Waals surface area contributed by atoms with Crippen molar-refractivity contribution in [3.05, 3.63) is 53.6 Å². The van der Waals surface area contributed by atoms with E-state index in [0.717, 1.165) is 15.8 Å². The van der Waals surface area contributed by atoms with Crippen LogP contribution < -0.4 is 10.1 Å². The van der Waals surface area contributed by atoms with E-state index in [4.69, 9.17) is 4.74 Å². The number of ether oxygens (including phenoxy) is 1. The van der Waals surface area contributed by atoms with Crippen LogP contribution in [0.2, 0.25) is 0 Å². The minimum absolute atomic E-state index is 0.0266. The van der Waals surface area contributed by atoms with Crippen molar-refractivity contribution < 1.29 is 9.53 Å². The van der Waals surface area contributed by atoms with Gasteiger partial charge in [0.15, 0.2) is 11.7 Å². The third kappa shape index (κ3) is 4.00. The Morgan fingerprint density at radius 3 is 2.69 bits per heavy atom. The number of anilines is 1. The number of fused-ring (bicyclic) bond motifs is 1. The smallest absolute Gasteiger partial charge is 0.264 e. The first-order valence-electron chi connectivity index (χ1n) is 8.31. The molecule has 1 aliphatic heterocycles. The molecular weight excluding hydrogens is 384 g/mol. The zero-order valence-electron chi connectivity index (χ0n) is 14.2. The Balaban J connectivity index is 1.33. The fourth-order valence-electron chi connectivity index (χ4n) is 2.72. The molecule has 1 fully saturated rings. The van der Waals surface area contributed by atoms with Crippen LogP contribution in [0.25, 0.3) is 10.2 Å². The van der Waals surface area contributed by atoms with Crippen molar-refractivity contribution in [3.8, 4) is 5.75 Å². The molecule has 1 N–H and O–H groups in total. The molecule has 2 aromatic carbocycles. The average Bonchev–Trinajstić information content (AvgIpc) is 3.31. The molecule has 3 aromatic rings. The summed E-state index contributed by atoms with van der Waals surface area (Å²) in [5.41, 5.74) is 3.35. The molecule has 0 saturated carbocycles. The summed E-state index contributed by atoms with van der Waals surface area (Å²) in [7, 11) is 0. The topological polar surface area (TPSA) is 51.2 Å². The van der Waals surface area contributed by atoms with Gasteiger partial charge in [0.25, 0.3) is 5.91 Å². The SMILES string of the molecule is Cc1cccc2sc(NC(=O)COc3ccc(C4SCCS4)cc3)nc12. The molecule has 4 nitrogen and oxygen atoms in total. The zero-order valence-corrected chi connectivity index (χ0v) is 16.7. The molecule has 1 amide bonds. The highest BCUT2D eigenvalue weighted by Gasteiger charge is 2.18. The summed E-state index contributed by atoms with van der Waals surface area (Å²) in [4.78, 5) is 16.6. The Morgan fingerprint density at radius 2 is 1.96 bits per heavy atom. The van der Waals surface area contributed by atoms with Crippen LogP contribution in [0, 0.1) is 6.92 Å². The number of nitrogens with one attached hydrogen (secondary N) is 1. The van der Waals surface area contributed by atoms with E-state index in [1.807, 2.05) is 60.8 Å². The number of benzene rings is 2. The summed E-state index contributed by atoms with van der Waals surface area (Å²) >= 11 is 5.43. The molecule has 0 bridgehead atoms. The van der Waals surface area contributed by atoms with Crippen LogP contribution >= 0.6 is 34.9 Å². The lowest BCUT2D eigenvalue weighted by Gasteiger charge is -2.10. The van der Waals surface area contributed by atoms with Crippen LogP contribution in [0.1, 0.15) is 15.7 Å². The first-order valence-corrected chi connectivity index (χ1v) is 11.2. The number of nitrogens with zero attached hydrogens (tertiary/aromatic N) is 1. The number of hydrogen-bond acceptors (Lipinski definition) is 6. The average molecular weight is 403 g/mol. The first-order chi connectivity index (χ1) is 12.7. The van der Waals surface area contributed by atoms with Gasteiger partial charge in [0, 0.05) is 11.5 Å². The van der Waals surface area contributed by atoms with Gasteiger partial charge in [0.1, 0.15) is 5.75 Å². The van der Waals surface area contributed by atoms with Crippen LogP contribution in [0.15, 0.2) is 42.5 Å². The third-order valence-electron chi connectivity index (χ3n) is 4.01. The van der Waals surface area contributed by atoms with Gasteiger partial charge < -0.3 is 4.74 Å². The fraction of sp³-hybridized carbons (Fsp3) is 0.263. The van der Waals surface area contributed by atoms with Gasteiger partial charge in [0.2, 0.25) is 0 Å². The van der Waals surface area contributed by atoms with Crippen molar-refractivity contribution in [1.82, 2.24) is 4.98 Å². The number of thiazole rings is 1. The molecule has 1 aliphatic rings. The molecule has 0 atom stereocenters. The van der Waals surface area contributed by atoms with E-state index >= 15 is 0 Å². The van der Waals surface area contributed by atoms with Crippen LogP contribution in [0.4, 0.5) is 5.13 Å². The number of rotatable bonds is 5. The largest absolute Gasteiger partial charge is 0.484 e. The van der Waals surface area contributed by atoms with Crippen molar-refractivity contribution in [2.45, 2.75) is 11.5 Å². The highest BCUT2D eigenvalue weighted by molar-refractivity contribution is 8.19. The van der Waals surface area contributed by atoms with Gasteiger partial charge in [-0.15, -0.1) is 23.5 Å². The molecular formula is C19H18N2O2S3. The van der Waals surface area contributed by atoms with Crippen LogP contribution in [0.5, 0.6) is 5.75 Å². The van der Waals surface area contributed by atoms with E-state index in [2.05, 4.69) is 22.4 Å². The number of aromatic nitrogens is 1. The van der Waals surface area contributed by atoms with Gasteiger partial charge in [-0.3, -0.25) is 10.1 Å². The number of para-hydroxylation sites is 1. The van der Waals surface area contributed by atoms with Gasteiger partial charge in [-0.05, 0) is 36.2 Å². The lowest BCUT2D eigenvalue weighted by atomic mass is 10.2. The second-order valence-corrected chi connectivity index (χ2v) is 9.68. The minimum Gasteiger partial charge on any atom is -0.484 e. The lowest BCUT2D eigenvalue weighted by Crippen LogP contribution is -2.20. The summed E-state index contributed by atoms with van der Waals surface area (Å²) in [6.07, 6.45) is 0. The quantitative estimate of drug-likeness (QED) is 0.643. The number of carbonyl (C=O) groups is 1. The predicted octanol–water partition coefficient (Wildman–Crippen LogP) is 5.10. The number of thioether (sulfide) groups is 2. The monoisotopic (exact) mass is 402 g/mol. The third-order valence-corrected chi connectivity index (χ3v) is 8.05. The Kier molecular flexibility index (Phi) is 5.38. The van der Waals surface area contributed by atoms with E-state index in [1.165, 1.54) is 28.4 Å². The van der Waals surface area contributed by atoms with Gasteiger partial charge >= 0.3 is 0 Å². The molecule has 2 heterocycles. The Hall–Kier alpha value is -1.70. The van der Waals surface area contributed by atoms with Crippen LogP contribution in [-0.4, -0.2) is 29.0 Å². The maximum atomic E-state index is 12.1. The minimum atomic E-state index is -0.201. The normalized spacial score (nSPS) is 14.7. The molecule has 7 heteroatoms. The molecule has 4 rings (SSSR count). The second-order valence-electron chi connectivity index (χ2n) is 5.92. The fourth-order valence-corrected chi connectivity index (χ4v) is 6.54. The standard InChI is InChI=1S/C19H18N2O2S3/c1-12-3-2-4-15-17(12)21-19(26-15)20-16(22)11-23-14-7-5-13(6-8-14)18-24-9-10-25-18/h2-8,18H,9-11H2,1H3,(H,20,21,22). The van der Waals surface area contributed by atoms with E-state index in [9.17, 15) is 4.79 Å². The summed E-state index contributed by atoms with van der Waals surface area (Å²) in [6, 6.07) is 14.1. The summed E-state index contributed by atoms with van der Waals surface area (Å²) in [6.45, 7) is 1.99. The maximum Gasteiger partial charge on any atom is 0.264 e. The van der Waals surface area contributed by atoms with Crippen molar-refractivity contribution in [2.24, 2.45) is 0 Å². The van der Waals surface area contributed by atoms with Crippen molar-refractivity contribution >= 4 is 56.1 Å². The predicted molar refractivity (Wildman–Crippen MR) is 113 cm³/mol. The Labute approximate surface area is 164 Å². The van der Waals surface area contributed by atoms with Crippen LogP contribution in [0.3, 0.4) is 0 Å². The molecule has 1 saturated heterocycles. The number of carbonyl (C=O) groups excluding carboxylic acids is 1. The van der Waals surface area contributed by atoms with E-state index < -0.39 is 0 Å². The molecule has 0 radical (unpaired) electrons. The number of hydrogen-bond donors (Lipinski definition) is 1. The molecule has 0 aliphatic carbocycles. The highest BCUT2D eigenvalue weighted by atomic mass is 32.2. The second kappa shape index (κ2) is 7.90. The Morgan fingerprint density at radius 1 is 1.19 bits per heavy atom. The Bertz CT molecular complexity index is 918. The van der Waals surface area contributed by atoms with Gasteiger partial charge in [-0.1, -0.05) is 35.6 Å². The molecule has 0 spiro atoms. The molecule has 0 unspecified atom stereocenters. The molecule has 26 heavy (non-hydrogen) atoms. The van der Waals surface area contributed by atoms with Crippen LogP contribution in [-0.2, 0) is 4.79 Å². The van der Waals surface area contributed by atoms with E-state index in [0.29, 0.717) is 15.5 Å². The number of aryl methyl sites for hydroxylation is 1. The van der Waals surface area contributed by atoms with E-state index in [1.54, 1.807) is 0 Å².